The third kappa shape index (κ3) is 5.23. The molecule has 6 nitrogen and oxygen atoms in total. The Morgan fingerprint density at radius 2 is 1.88 bits per heavy atom. The van der Waals surface area contributed by atoms with Crippen LogP contribution in [-0.2, 0) is 4.79 Å². The summed E-state index contributed by atoms with van der Waals surface area (Å²) in [5, 5.41) is 3.93. The van der Waals surface area contributed by atoms with Crippen LogP contribution < -0.4 is 19.6 Å². The SMILES string of the molecule is COc1ccc(/C=N\NC(=O)COc2c(C)cc(C)cc2Br)cc1OC. The predicted octanol–water partition coefficient (Wildman–Crippen LogP) is 3.61. The number of aryl methyl sites for hydroxylation is 2. The van der Waals surface area contributed by atoms with Crippen LogP contribution in [0.15, 0.2) is 39.9 Å². The van der Waals surface area contributed by atoms with Crippen molar-refractivity contribution in [2.45, 2.75) is 13.8 Å². The number of hydrogen-bond donors (Lipinski definition) is 1. The van der Waals surface area contributed by atoms with Gasteiger partial charge in [0.1, 0.15) is 5.75 Å². The lowest BCUT2D eigenvalue weighted by Crippen LogP contribution is -2.24. The smallest absolute Gasteiger partial charge is 0.277 e. The van der Waals surface area contributed by atoms with E-state index in [9.17, 15) is 4.79 Å². The lowest BCUT2D eigenvalue weighted by Gasteiger charge is -2.11. The van der Waals surface area contributed by atoms with Crippen LogP contribution in [0.5, 0.6) is 17.2 Å². The maximum Gasteiger partial charge on any atom is 0.277 e. The molecule has 0 aliphatic heterocycles. The summed E-state index contributed by atoms with van der Waals surface area (Å²) < 4.78 is 16.8. The zero-order valence-corrected chi connectivity index (χ0v) is 16.7. The molecule has 0 unspecified atom stereocenters. The van der Waals surface area contributed by atoms with Gasteiger partial charge >= 0.3 is 0 Å². The monoisotopic (exact) mass is 420 g/mol. The lowest BCUT2D eigenvalue weighted by molar-refractivity contribution is -0.123. The average Bonchev–Trinajstić information content (AvgIpc) is 2.60. The van der Waals surface area contributed by atoms with Crippen LogP contribution in [-0.4, -0.2) is 32.9 Å². The summed E-state index contributed by atoms with van der Waals surface area (Å²) in [5.41, 5.74) is 5.27. The van der Waals surface area contributed by atoms with Crippen LogP contribution in [0.1, 0.15) is 16.7 Å². The van der Waals surface area contributed by atoms with Gasteiger partial charge < -0.3 is 14.2 Å². The Kier molecular flexibility index (Phi) is 7.03. The van der Waals surface area contributed by atoms with Gasteiger partial charge in [0.2, 0.25) is 0 Å². The van der Waals surface area contributed by atoms with E-state index in [-0.39, 0.29) is 12.5 Å². The summed E-state index contributed by atoms with van der Waals surface area (Å²) in [6, 6.07) is 9.27. The van der Waals surface area contributed by atoms with E-state index in [1.165, 1.54) is 6.21 Å². The Bertz CT molecular complexity index is 798. The first-order valence-corrected chi connectivity index (χ1v) is 8.67. The van der Waals surface area contributed by atoms with Gasteiger partial charge in [0.15, 0.2) is 18.1 Å². The maximum atomic E-state index is 11.9. The first-order valence-electron chi connectivity index (χ1n) is 7.88. The van der Waals surface area contributed by atoms with E-state index in [2.05, 4.69) is 26.5 Å². The van der Waals surface area contributed by atoms with Crippen LogP contribution in [0.3, 0.4) is 0 Å². The highest BCUT2D eigenvalue weighted by Crippen LogP contribution is 2.30. The number of hydrazone groups is 1. The molecule has 0 aliphatic carbocycles. The van der Waals surface area contributed by atoms with Gasteiger partial charge in [0.25, 0.3) is 5.91 Å². The Balaban J connectivity index is 1.92. The molecular weight excluding hydrogens is 400 g/mol. The maximum absolute atomic E-state index is 11.9. The quantitative estimate of drug-likeness (QED) is 0.548. The fourth-order valence-electron chi connectivity index (χ4n) is 2.37. The number of carbonyl (C=O) groups excluding carboxylic acids is 1. The van der Waals surface area contributed by atoms with Gasteiger partial charge in [-0.05, 0) is 70.7 Å². The predicted molar refractivity (Wildman–Crippen MR) is 104 cm³/mol. The van der Waals surface area contributed by atoms with E-state index in [0.29, 0.717) is 17.2 Å². The highest BCUT2D eigenvalue weighted by molar-refractivity contribution is 9.10. The van der Waals surface area contributed by atoms with Crippen molar-refractivity contribution in [3.63, 3.8) is 0 Å². The van der Waals surface area contributed by atoms with E-state index < -0.39 is 0 Å². The molecule has 26 heavy (non-hydrogen) atoms. The fourth-order valence-corrected chi connectivity index (χ4v) is 3.16. The van der Waals surface area contributed by atoms with Crippen LogP contribution in [0, 0.1) is 13.8 Å². The third-order valence-electron chi connectivity index (χ3n) is 3.53. The number of halogens is 1. The van der Waals surface area contributed by atoms with Gasteiger partial charge in [-0.25, -0.2) is 5.43 Å². The van der Waals surface area contributed by atoms with Crippen LogP contribution in [0.25, 0.3) is 0 Å². The van der Waals surface area contributed by atoms with Crippen molar-refractivity contribution in [1.82, 2.24) is 5.43 Å². The second-order valence-corrected chi connectivity index (χ2v) is 6.44. The highest BCUT2D eigenvalue weighted by Gasteiger charge is 2.09. The molecule has 0 atom stereocenters. The molecule has 2 rings (SSSR count). The minimum absolute atomic E-state index is 0.133. The van der Waals surface area contributed by atoms with Crippen molar-refractivity contribution in [3.05, 3.63) is 51.5 Å². The molecule has 0 bridgehead atoms. The molecule has 7 heteroatoms. The second kappa shape index (κ2) is 9.24. The molecule has 2 aromatic rings. The third-order valence-corrected chi connectivity index (χ3v) is 4.12. The van der Waals surface area contributed by atoms with Gasteiger partial charge in [0, 0.05) is 0 Å². The normalized spacial score (nSPS) is 10.7. The van der Waals surface area contributed by atoms with Crippen molar-refractivity contribution in [2.75, 3.05) is 20.8 Å². The first-order chi connectivity index (χ1) is 12.4. The van der Waals surface area contributed by atoms with Crippen LogP contribution in [0.2, 0.25) is 0 Å². The summed E-state index contributed by atoms with van der Waals surface area (Å²) in [6.45, 7) is 3.79. The molecule has 0 fully saturated rings. The van der Waals surface area contributed by atoms with Gasteiger partial charge in [-0.15, -0.1) is 0 Å². The molecule has 0 saturated carbocycles. The summed E-state index contributed by atoms with van der Waals surface area (Å²) in [5.74, 6) is 1.51. The highest BCUT2D eigenvalue weighted by atomic mass is 79.9. The number of hydrogen-bond acceptors (Lipinski definition) is 5. The Hall–Kier alpha value is -2.54. The van der Waals surface area contributed by atoms with Crippen molar-refractivity contribution < 1.29 is 19.0 Å². The van der Waals surface area contributed by atoms with Crippen molar-refractivity contribution in [3.8, 4) is 17.2 Å². The molecule has 0 spiro atoms. The van der Waals surface area contributed by atoms with Crippen LogP contribution in [0.4, 0.5) is 0 Å². The Morgan fingerprint density at radius 3 is 2.54 bits per heavy atom. The van der Waals surface area contributed by atoms with E-state index in [4.69, 9.17) is 14.2 Å². The Labute approximate surface area is 161 Å². The van der Waals surface area contributed by atoms with E-state index in [1.807, 2.05) is 26.0 Å². The van der Waals surface area contributed by atoms with E-state index >= 15 is 0 Å². The summed E-state index contributed by atoms with van der Waals surface area (Å²) >= 11 is 3.45. The van der Waals surface area contributed by atoms with Crippen molar-refractivity contribution in [1.29, 1.82) is 0 Å². The standard InChI is InChI=1S/C19H21BrN2O4/c1-12-7-13(2)19(15(20)8-12)26-11-18(23)22-21-10-14-5-6-16(24-3)17(9-14)25-4/h5-10H,11H2,1-4H3,(H,22,23)/b21-10-. The average molecular weight is 421 g/mol. The topological polar surface area (TPSA) is 69.2 Å². The van der Waals surface area contributed by atoms with Gasteiger partial charge in [-0.1, -0.05) is 6.07 Å². The number of amides is 1. The number of nitrogens with zero attached hydrogens (tertiary/aromatic N) is 1. The minimum atomic E-state index is -0.353. The molecule has 0 radical (unpaired) electrons. The summed E-state index contributed by atoms with van der Waals surface area (Å²) in [4.78, 5) is 11.9. The molecule has 2 aromatic carbocycles. The number of rotatable bonds is 7. The lowest BCUT2D eigenvalue weighted by atomic mass is 10.1. The van der Waals surface area contributed by atoms with Gasteiger partial charge in [-0.3, -0.25) is 4.79 Å². The number of methoxy groups -OCH3 is 2. The van der Waals surface area contributed by atoms with Gasteiger partial charge in [0.05, 0.1) is 24.9 Å². The number of nitrogens with one attached hydrogen (secondary N) is 1. The largest absolute Gasteiger partial charge is 0.493 e. The summed E-state index contributed by atoms with van der Waals surface area (Å²) in [6.07, 6.45) is 1.52. The number of ether oxygens (including phenoxy) is 3. The van der Waals surface area contributed by atoms with Crippen molar-refractivity contribution >= 4 is 28.1 Å². The number of benzene rings is 2. The molecule has 0 aromatic heterocycles. The molecule has 0 saturated heterocycles. The van der Waals surface area contributed by atoms with Gasteiger partial charge in [-0.2, -0.15) is 5.10 Å². The fraction of sp³-hybridized carbons (Fsp3) is 0.263. The second-order valence-electron chi connectivity index (χ2n) is 5.59. The Morgan fingerprint density at radius 1 is 1.15 bits per heavy atom. The molecular formula is C19H21BrN2O4. The zero-order valence-electron chi connectivity index (χ0n) is 15.1. The molecule has 0 heterocycles. The van der Waals surface area contributed by atoms with Crippen LogP contribution >= 0.6 is 15.9 Å². The number of carbonyl (C=O) groups is 1. The molecule has 138 valence electrons. The molecule has 0 aliphatic rings. The zero-order chi connectivity index (χ0) is 19.1. The molecule has 1 N–H and O–H groups in total. The van der Waals surface area contributed by atoms with E-state index in [1.54, 1.807) is 32.4 Å². The minimum Gasteiger partial charge on any atom is -0.493 e. The van der Waals surface area contributed by atoms with Crippen molar-refractivity contribution in [2.24, 2.45) is 5.10 Å². The molecule has 1 amide bonds. The first kappa shape index (κ1) is 19.8. The van der Waals surface area contributed by atoms with E-state index in [0.717, 1.165) is 21.2 Å². The summed E-state index contributed by atoms with van der Waals surface area (Å²) in [7, 11) is 3.13.